The van der Waals surface area contributed by atoms with Crippen molar-refractivity contribution in [1.29, 1.82) is 0 Å². The zero-order chi connectivity index (χ0) is 20.0. The maximum Gasteiger partial charge on any atom is 0.266 e. The van der Waals surface area contributed by atoms with Gasteiger partial charge in [0.15, 0.2) is 0 Å². The van der Waals surface area contributed by atoms with Crippen LogP contribution in [0.4, 0.5) is 0 Å². The van der Waals surface area contributed by atoms with E-state index in [0.717, 1.165) is 33.3 Å². The third kappa shape index (κ3) is 2.81. The van der Waals surface area contributed by atoms with Gasteiger partial charge in [0.25, 0.3) is 5.56 Å². The van der Waals surface area contributed by atoms with Gasteiger partial charge in [-0.15, -0.1) is 0 Å². The molecule has 140 valence electrons. The first kappa shape index (κ1) is 17.3. The van der Waals surface area contributed by atoms with Crippen LogP contribution in [-0.4, -0.2) is 14.5 Å². The minimum atomic E-state index is -0.0781. The fourth-order valence-electron chi connectivity index (χ4n) is 3.74. The van der Waals surface area contributed by atoms with Crippen molar-refractivity contribution in [3.8, 4) is 17.1 Å². The first-order chi connectivity index (χ1) is 14.1. The lowest BCUT2D eigenvalue weighted by Crippen LogP contribution is -2.22. The molecule has 3 aromatic carbocycles. The zero-order valence-corrected chi connectivity index (χ0v) is 16.3. The Balaban J connectivity index is 1.97. The van der Waals surface area contributed by atoms with E-state index in [1.165, 1.54) is 0 Å². The summed E-state index contributed by atoms with van der Waals surface area (Å²) >= 11 is 0. The lowest BCUT2D eigenvalue weighted by Gasteiger charge is -2.16. The molecule has 0 aliphatic heterocycles. The summed E-state index contributed by atoms with van der Waals surface area (Å²) in [6.45, 7) is 4.06. The predicted octanol–water partition coefficient (Wildman–Crippen LogP) is 5.22. The summed E-state index contributed by atoms with van der Waals surface area (Å²) in [6, 6.07) is 23.6. The van der Waals surface area contributed by atoms with Crippen LogP contribution in [0.1, 0.15) is 11.1 Å². The van der Waals surface area contributed by atoms with Crippen molar-refractivity contribution in [3.63, 3.8) is 0 Å². The van der Waals surface area contributed by atoms with Crippen molar-refractivity contribution in [2.45, 2.75) is 13.8 Å². The zero-order valence-electron chi connectivity index (χ0n) is 16.3. The highest BCUT2D eigenvalue weighted by molar-refractivity contribution is 6.03. The van der Waals surface area contributed by atoms with Crippen molar-refractivity contribution in [2.75, 3.05) is 0 Å². The van der Waals surface area contributed by atoms with Crippen molar-refractivity contribution >= 4 is 21.8 Å². The second kappa shape index (κ2) is 6.67. The molecule has 0 spiro atoms. The number of para-hydroxylation sites is 1. The van der Waals surface area contributed by atoms with Crippen LogP contribution in [-0.2, 0) is 0 Å². The summed E-state index contributed by atoms with van der Waals surface area (Å²) < 4.78 is 1.73. The second-order valence-electron chi connectivity index (χ2n) is 7.26. The number of nitrogens with zero attached hydrogens (tertiary/aromatic N) is 3. The van der Waals surface area contributed by atoms with Crippen LogP contribution < -0.4 is 5.56 Å². The van der Waals surface area contributed by atoms with E-state index in [1.54, 1.807) is 10.8 Å². The van der Waals surface area contributed by atoms with Gasteiger partial charge in [-0.1, -0.05) is 48.0 Å². The fourth-order valence-corrected chi connectivity index (χ4v) is 3.74. The minimum Gasteiger partial charge on any atom is -0.268 e. The minimum absolute atomic E-state index is 0.0781. The molecular formula is C25H19N3O. The maximum absolute atomic E-state index is 13.7. The predicted molar refractivity (Wildman–Crippen MR) is 118 cm³/mol. The molecule has 5 rings (SSSR count). The van der Waals surface area contributed by atoms with Gasteiger partial charge < -0.3 is 0 Å². The molecule has 0 fully saturated rings. The number of aryl methyl sites for hydroxylation is 2. The highest BCUT2D eigenvalue weighted by atomic mass is 16.1. The van der Waals surface area contributed by atoms with Crippen LogP contribution in [0.15, 0.2) is 83.8 Å². The Kier molecular flexibility index (Phi) is 3.98. The molecule has 0 unspecified atom stereocenters. The van der Waals surface area contributed by atoms with Crippen molar-refractivity contribution < 1.29 is 0 Å². The van der Waals surface area contributed by atoms with E-state index in [1.807, 2.05) is 86.6 Å². The number of benzene rings is 3. The molecule has 0 N–H and O–H groups in total. The molecule has 0 saturated heterocycles. The van der Waals surface area contributed by atoms with Crippen LogP contribution in [0.5, 0.6) is 0 Å². The third-order valence-corrected chi connectivity index (χ3v) is 5.29. The number of pyridine rings is 1. The Morgan fingerprint density at radius 1 is 0.793 bits per heavy atom. The van der Waals surface area contributed by atoms with Gasteiger partial charge in [-0.3, -0.25) is 14.3 Å². The smallest absolute Gasteiger partial charge is 0.266 e. The molecule has 0 aliphatic carbocycles. The molecule has 4 heteroatoms. The summed E-state index contributed by atoms with van der Waals surface area (Å²) in [6.07, 6.45) is 1.75. The molecule has 0 amide bonds. The summed E-state index contributed by atoms with van der Waals surface area (Å²) in [4.78, 5) is 23.1. The number of fused-ring (bicyclic) bond motifs is 3. The molecule has 0 radical (unpaired) electrons. The monoisotopic (exact) mass is 377 g/mol. The molecule has 2 heterocycles. The number of rotatable bonds is 2. The van der Waals surface area contributed by atoms with E-state index in [9.17, 15) is 4.79 Å². The van der Waals surface area contributed by atoms with E-state index >= 15 is 0 Å². The van der Waals surface area contributed by atoms with Gasteiger partial charge in [0.1, 0.15) is 5.82 Å². The highest BCUT2D eigenvalue weighted by Gasteiger charge is 2.17. The topological polar surface area (TPSA) is 47.8 Å². The summed E-state index contributed by atoms with van der Waals surface area (Å²) in [5, 5.41) is 1.47. The number of hydrogen-bond acceptors (Lipinski definition) is 3. The van der Waals surface area contributed by atoms with Crippen molar-refractivity contribution in [2.24, 2.45) is 0 Å². The lowest BCUT2D eigenvalue weighted by molar-refractivity contribution is 0.966. The fraction of sp³-hybridized carbons (Fsp3) is 0.0800. The van der Waals surface area contributed by atoms with Gasteiger partial charge >= 0.3 is 0 Å². The van der Waals surface area contributed by atoms with Crippen LogP contribution in [0, 0.1) is 13.8 Å². The Labute approximate surface area is 168 Å². The molecule has 29 heavy (non-hydrogen) atoms. The van der Waals surface area contributed by atoms with Crippen LogP contribution in [0.2, 0.25) is 0 Å². The second-order valence-corrected chi connectivity index (χ2v) is 7.26. The van der Waals surface area contributed by atoms with E-state index in [2.05, 4.69) is 4.98 Å². The molecule has 2 aromatic heterocycles. The molecule has 4 nitrogen and oxygen atoms in total. The van der Waals surface area contributed by atoms with Crippen molar-refractivity contribution in [1.82, 2.24) is 14.5 Å². The summed E-state index contributed by atoms with van der Waals surface area (Å²) in [7, 11) is 0. The van der Waals surface area contributed by atoms with Gasteiger partial charge in [-0.05, 0) is 49.7 Å². The lowest BCUT2D eigenvalue weighted by atomic mass is 10.1. The Bertz CT molecular complexity index is 1430. The van der Waals surface area contributed by atoms with Gasteiger partial charge in [-0.2, -0.15) is 0 Å². The average Bonchev–Trinajstić information content (AvgIpc) is 2.75. The van der Waals surface area contributed by atoms with Crippen LogP contribution >= 0.6 is 0 Å². The standard InChI is InChI=1S/C25H19N3O/c1-16-9-11-18(12-10-16)24-27-23-19-7-5-15-26-21(19)14-13-20(23)25(29)28(24)22-8-4-3-6-17(22)2/h3-15H,1-2H3. The molecular weight excluding hydrogens is 358 g/mol. The third-order valence-electron chi connectivity index (χ3n) is 5.29. The van der Waals surface area contributed by atoms with E-state index in [4.69, 9.17) is 4.98 Å². The van der Waals surface area contributed by atoms with E-state index < -0.39 is 0 Å². The molecule has 0 aliphatic rings. The SMILES string of the molecule is Cc1ccc(-c2nc3c(ccc4ncccc43)c(=O)n2-c2ccccc2C)cc1. The van der Waals surface area contributed by atoms with Gasteiger partial charge in [0, 0.05) is 17.1 Å². The number of hydrogen-bond donors (Lipinski definition) is 0. The molecule has 0 bridgehead atoms. The first-order valence-corrected chi connectivity index (χ1v) is 9.57. The normalized spacial score (nSPS) is 11.2. The molecule has 0 atom stereocenters. The molecule has 0 saturated carbocycles. The maximum atomic E-state index is 13.7. The van der Waals surface area contributed by atoms with Crippen LogP contribution in [0.25, 0.3) is 38.9 Å². The Hall–Kier alpha value is -3.79. The van der Waals surface area contributed by atoms with Gasteiger partial charge in [0.2, 0.25) is 0 Å². The highest BCUT2D eigenvalue weighted by Crippen LogP contribution is 2.27. The summed E-state index contributed by atoms with van der Waals surface area (Å²) in [5.41, 5.74) is 5.36. The van der Waals surface area contributed by atoms with Crippen molar-refractivity contribution in [3.05, 3.63) is 100 Å². The largest absolute Gasteiger partial charge is 0.268 e. The van der Waals surface area contributed by atoms with Gasteiger partial charge in [-0.25, -0.2) is 4.98 Å². The van der Waals surface area contributed by atoms with Crippen LogP contribution in [0.3, 0.4) is 0 Å². The van der Waals surface area contributed by atoms with Gasteiger partial charge in [0.05, 0.1) is 22.1 Å². The first-order valence-electron chi connectivity index (χ1n) is 9.57. The van der Waals surface area contributed by atoms with E-state index in [0.29, 0.717) is 16.7 Å². The Morgan fingerprint density at radius 3 is 2.38 bits per heavy atom. The summed E-state index contributed by atoms with van der Waals surface area (Å²) in [5.74, 6) is 0.633. The average molecular weight is 377 g/mol. The quantitative estimate of drug-likeness (QED) is 0.396. The Morgan fingerprint density at radius 2 is 1.59 bits per heavy atom. The molecule has 5 aromatic rings. The van der Waals surface area contributed by atoms with E-state index in [-0.39, 0.29) is 5.56 Å². The number of aromatic nitrogens is 3.